The summed E-state index contributed by atoms with van der Waals surface area (Å²) in [6.07, 6.45) is 0. The lowest BCUT2D eigenvalue weighted by Gasteiger charge is -2.20. The molecule has 1 aromatic rings. The molecule has 16 heavy (non-hydrogen) atoms. The molecule has 0 aromatic heterocycles. The van der Waals surface area contributed by atoms with Crippen LogP contribution in [0, 0.1) is 0 Å². The van der Waals surface area contributed by atoms with Gasteiger partial charge in [-0.3, -0.25) is 4.79 Å². The molecule has 1 aromatic carbocycles. The van der Waals surface area contributed by atoms with Crippen molar-refractivity contribution in [3.8, 4) is 5.75 Å². The zero-order valence-electron chi connectivity index (χ0n) is 9.26. The van der Waals surface area contributed by atoms with E-state index in [2.05, 4.69) is 6.92 Å². The largest absolute Gasteiger partial charge is 0.484 e. The fourth-order valence-electron chi connectivity index (χ4n) is 1.67. The third kappa shape index (κ3) is 2.70. The van der Waals surface area contributed by atoms with Crippen molar-refractivity contribution in [2.24, 2.45) is 0 Å². The number of carbonyl (C=O) groups excluding carboxylic acids is 1. The Labute approximate surface area is 99.8 Å². The number of hydrogen-bond donors (Lipinski definition) is 0. The number of carbonyl (C=O) groups is 1. The Balaban J connectivity index is 1.84. The molecule has 0 bridgehead atoms. The lowest BCUT2D eigenvalue weighted by molar-refractivity contribution is -0.133. The molecule has 2 rings (SSSR count). The van der Waals surface area contributed by atoms with Crippen LogP contribution in [0.5, 0.6) is 5.75 Å². The molecule has 0 radical (unpaired) electrons. The summed E-state index contributed by atoms with van der Waals surface area (Å²) in [7, 11) is 0. The average Bonchev–Trinajstić information content (AvgIpc) is 2.74. The van der Waals surface area contributed by atoms with Crippen molar-refractivity contribution in [1.82, 2.24) is 4.90 Å². The van der Waals surface area contributed by atoms with E-state index in [0.29, 0.717) is 0 Å². The van der Waals surface area contributed by atoms with Crippen LogP contribution < -0.4 is 4.74 Å². The fraction of sp³-hybridized carbons (Fsp3) is 0.417. The predicted molar refractivity (Wildman–Crippen MR) is 65.6 cm³/mol. The summed E-state index contributed by atoms with van der Waals surface area (Å²) >= 11 is 1.80. The molecule has 1 fully saturated rings. The number of rotatable bonds is 3. The van der Waals surface area contributed by atoms with Crippen LogP contribution in [0.2, 0.25) is 0 Å². The third-order valence-corrected chi connectivity index (χ3v) is 3.71. The summed E-state index contributed by atoms with van der Waals surface area (Å²) in [6.45, 7) is 3.02. The summed E-state index contributed by atoms with van der Waals surface area (Å²) in [5.74, 6) is 1.84. The van der Waals surface area contributed by atoms with Crippen LogP contribution >= 0.6 is 11.8 Å². The maximum absolute atomic E-state index is 11.8. The van der Waals surface area contributed by atoms with Crippen molar-refractivity contribution >= 4 is 17.7 Å². The maximum atomic E-state index is 11.8. The van der Waals surface area contributed by atoms with E-state index in [1.807, 2.05) is 35.2 Å². The van der Waals surface area contributed by atoms with E-state index in [0.717, 1.165) is 18.0 Å². The topological polar surface area (TPSA) is 29.5 Å². The molecule has 1 heterocycles. The summed E-state index contributed by atoms with van der Waals surface area (Å²) in [6, 6.07) is 9.43. The van der Waals surface area contributed by atoms with Crippen LogP contribution in [0.4, 0.5) is 0 Å². The van der Waals surface area contributed by atoms with Crippen molar-refractivity contribution in [1.29, 1.82) is 0 Å². The molecule has 3 nitrogen and oxygen atoms in total. The van der Waals surface area contributed by atoms with Gasteiger partial charge < -0.3 is 9.64 Å². The maximum Gasteiger partial charge on any atom is 0.261 e. The van der Waals surface area contributed by atoms with Crippen LogP contribution in [0.25, 0.3) is 0 Å². The van der Waals surface area contributed by atoms with E-state index < -0.39 is 0 Å². The molecule has 4 heteroatoms. The molecule has 1 unspecified atom stereocenters. The first-order valence-corrected chi connectivity index (χ1v) is 6.41. The highest BCUT2D eigenvalue weighted by Crippen LogP contribution is 2.22. The molecule has 86 valence electrons. The van der Waals surface area contributed by atoms with Crippen molar-refractivity contribution < 1.29 is 9.53 Å². The molecular weight excluding hydrogens is 222 g/mol. The molecule has 1 amide bonds. The van der Waals surface area contributed by atoms with Gasteiger partial charge in [0, 0.05) is 12.3 Å². The van der Waals surface area contributed by atoms with Gasteiger partial charge in [-0.05, 0) is 19.1 Å². The van der Waals surface area contributed by atoms with Gasteiger partial charge in [0.1, 0.15) is 5.75 Å². The Morgan fingerprint density at radius 3 is 2.88 bits per heavy atom. The Bertz CT molecular complexity index is 355. The van der Waals surface area contributed by atoms with E-state index in [4.69, 9.17) is 4.74 Å². The number of hydrogen-bond acceptors (Lipinski definition) is 3. The summed E-state index contributed by atoms with van der Waals surface area (Å²) < 4.78 is 5.43. The minimum absolute atomic E-state index is 0.0707. The van der Waals surface area contributed by atoms with Crippen LogP contribution in [0.3, 0.4) is 0 Å². The molecule has 1 atom stereocenters. The lowest BCUT2D eigenvalue weighted by atomic mass is 10.3. The molecule has 0 saturated carbocycles. The van der Waals surface area contributed by atoms with Gasteiger partial charge in [-0.25, -0.2) is 0 Å². The zero-order chi connectivity index (χ0) is 11.4. The van der Waals surface area contributed by atoms with Gasteiger partial charge in [0.2, 0.25) is 0 Å². The predicted octanol–water partition coefficient (Wildman–Crippen LogP) is 1.99. The van der Waals surface area contributed by atoms with Crippen LogP contribution in [-0.2, 0) is 4.79 Å². The van der Waals surface area contributed by atoms with Crippen molar-refractivity contribution in [2.45, 2.75) is 12.3 Å². The molecule has 0 N–H and O–H groups in total. The van der Waals surface area contributed by atoms with Crippen LogP contribution in [0.15, 0.2) is 30.3 Å². The summed E-state index contributed by atoms with van der Waals surface area (Å²) in [5, 5.41) is 0.284. The normalized spacial score (nSPS) is 19.8. The first-order valence-electron chi connectivity index (χ1n) is 5.36. The second-order valence-corrected chi connectivity index (χ2v) is 5.08. The fourth-order valence-corrected chi connectivity index (χ4v) is 2.71. The number of para-hydroxylation sites is 1. The Morgan fingerprint density at radius 1 is 1.50 bits per heavy atom. The summed E-state index contributed by atoms with van der Waals surface area (Å²) in [4.78, 5) is 13.7. The average molecular weight is 237 g/mol. The van der Waals surface area contributed by atoms with Gasteiger partial charge in [0.25, 0.3) is 5.91 Å². The van der Waals surface area contributed by atoms with Gasteiger partial charge in [0.05, 0.1) is 5.37 Å². The number of benzene rings is 1. The highest BCUT2D eigenvalue weighted by atomic mass is 32.2. The molecule has 1 saturated heterocycles. The minimum Gasteiger partial charge on any atom is -0.484 e. The van der Waals surface area contributed by atoms with Crippen LogP contribution in [-0.4, -0.2) is 35.1 Å². The second-order valence-electron chi connectivity index (χ2n) is 3.66. The Hall–Kier alpha value is -1.16. The molecule has 1 aliphatic heterocycles. The van der Waals surface area contributed by atoms with Crippen molar-refractivity contribution in [3.63, 3.8) is 0 Å². The Morgan fingerprint density at radius 2 is 2.25 bits per heavy atom. The van der Waals surface area contributed by atoms with Gasteiger partial charge >= 0.3 is 0 Å². The van der Waals surface area contributed by atoms with E-state index in [9.17, 15) is 4.79 Å². The molecule has 1 aliphatic rings. The van der Waals surface area contributed by atoms with Crippen molar-refractivity contribution in [3.05, 3.63) is 30.3 Å². The van der Waals surface area contributed by atoms with Crippen molar-refractivity contribution in [2.75, 3.05) is 18.9 Å². The first kappa shape index (κ1) is 11.3. The SMILES string of the molecule is CC1SCCN1C(=O)COc1ccccc1. The monoisotopic (exact) mass is 237 g/mol. The number of ether oxygens (including phenoxy) is 1. The summed E-state index contributed by atoms with van der Waals surface area (Å²) in [5.41, 5.74) is 0. The van der Waals surface area contributed by atoms with Crippen LogP contribution in [0.1, 0.15) is 6.92 Å². The quantitative estimate of drug-likeness (QED) is 0.805. The van der Waals surface area contributed by atoms with E-state index in [1.54, 1.807) is 11.8 Å². The Kier molecular flexibility index (Phi) is 3.72. The first-order chi connectivity index (χ1) is 7.77. The van der Waals surface area contributed by atoms with E-state index >= 15 is 0 Å². The standard InChI is InChI=1S/C12H15NO2S/c1-10-13(7-8-16-10)12(14)9-15-11-5-3-2-4-6-11/h2-6,10H,7-9H2,1H3. The number of amides is 1. The second kappa shape index (κ2) is 5.25. The molecule has 0 spiro atoms. The van der Waals surface area contributed by atoms with Gasteiger partial charge in [-0.1, -0.05) is 18.2 Å². The van der Waals surface area contributed by atoms with E-state index in [-0.39, 0.29) is 17.9 Å². The lowest BCUT2D eigenvalue weighted by Crippen LogP contribution is -2.36. The van der Waals surface area contributed by atoms with Gasteiger partial charge in [0.15, 0.2) is 6.61 Å². The highest BCUT2D eigenvalue weighted by molar-refractivity contribution is 8.00. The van der Waals surface area contributed by atoms with Gasteiger partial charge in [-0.15, -0.1) is 11.8 Å². The molecule has 0 aliphatic carbocycles. The third-order valence-electron chi connectivity index (χ3n) is 2.56. The van der Waals surface area contributed by atoms with E-state index in [1.165, 1.54) is 0 Å². The number of nitrogens with zero attached hydrogens (tertiary/aromatic N) is 1. The smallest absolute Gasteiger partial charge is 0.261 e. The highest BCUT2D eigenvalue weighted by Gasteiger charge is 2.25. The molecular formula is C12H15NO2S. The zero-order valence-corrected chi connectivity index (χ0v) is 10.1. The van der Waals surface area contributed by atoms with Gasteiger partial charge in [-0.2, -0.15) is 0 Å². The minimum atomic E-state index is 0.0707. The number of thioether (sulfide) groups is 1.